The van der Waals surface area contributed by atoms with Gasteiger partial charge in [0.25, 0.3) is 0 Å². The molecule has 2 aromatic heterocycles. The highest BCUT2D eigenvalue weighted by molar-refractivity contribution is 7.13. The van der Waals surface area contributed by atoms with Crippen molar-refractivity contribution in [3.63, 3.8) is 0 Å². The van der Waals surface area contributed by atoms with Crippen LogP contribution in [0.15, 0.2) is 16.3 Å². The Hall–Kier alpha value is -0.780. The maximum atomic E-state index is 4.63. The lowest BCUT2D eigenvalue weighted by Crippen LogP contribution is -2.19. The van der Waals surface area contributed by atoms with Gasteiger partial charge in [0.1, 0.15) is 10.7 Å². The average Bonchev–Trinajstić information content (AvgIpc) is 2.94. The molecule has 2 heterocycles. The van der Waals surface area contributed by atoms with Crippen molar-refractivity contribution in [2.24, 2.45) is 0 Å². The highest BCUT2D eigenvalue weighted by Crippen LogP contribution is 2.26. The Morgan fingerprint density at radius 1 is 1.44 bits per heavy atom. The van der Waals surface area contributed by atoms with Crippen LogP contribution >= 0.6 is 22.7 Å². The summed E-state index contributed by atoms with van der Waals surface area (Å²) in [5.74, 6) is 0.462. The summed E-state index contributed by atoms with van der Waals surface area (Å²) in [6.07, 6.45) is 0. The monoisotopic (exact) mass is 253 g/mol. The summed E-state index contributed by atoms with van der Waals surface area (Å²) in [4.78, 5) is 8.90. The predicted molar refractivity (Wildman–Crippen MR) is 70.2 cm³/mol. The average molecular weight is 253 g/mol. The molecule has 0 saturated carbocycles. The third-order valence-electron chi connectivity index (χ3n) is 2.38. The Kier molecular flexibility index (Phi) is 4.04. The molecule has 0 aromatic carbocycles. The van der Waals surface area contributed by atoms with Gasteiger partial charge in [-0.3, -0.25) is 0 Å². The minimum absolute atomic E-state index is 0.462. The zero-order valence-electron chi connectivity index (χ0n) is 9.43. The van der Waals surface area contributed by atoms with Crippen molar-refractivity contribution in [3.05, 3.63) is 22.0 Å². The number of hydrogen-bond acceptors (Lipinski definition) is 5. The number of rotatable bonds is 5. The molecule has 0 bridgehead atoms. The molecule has 0 aliphatic carbocycles. The number of likely N-dealkylation sites (N-methyl/N-ethyl adjacent to an activating group) is 1. The van der Waals surface area contributed by atoms with Crippen LogP contribution in [0.2, 0.25) is 0 Å². The zero-order valence-corrected chi connectivity index (χ0v) is 11.1. The molecule has 0 radical (unpaired) electrons. The molecule has 5 heteroatoms. The summed E-state index contributed by atoms with van der Waals surface area (Å²) in [7, 11) is 0. The predicted octanol–water partition coefficient (Wildman–Crippen LogP) is 2.98. The first-order chi connectivity index (χ1) is 7.81. The number of thiazole rings is 2. The van der Waals surface area contributed by atoms with Crippen molar-refractivity contribution >= 4 is 22.7 Å². The molecule has 0 fully saturated rings. The number of aromatic nitrogens is 2. The highest BCUT2D eigenvalue weighted by atomic mass is 32.1. The van der Waals surface area contributed by atoms with Crippen LogP contribution in [0.1, 0.15) is 25.5 Å². The smallest absolute Gasteiger partial charge is 0.142 e. The molecule has 1 atom stereocenters. The number of hydrogen-bond donors (Lipinski definition) is 1. The Morgan fingerprint density at radius 3 is 3.00 bits per heavy atom. The van der Waals surface area contributed by atoms with E-state index >= 15 is 0 Å². The van der Waals surface area contributed by atoms with Gasteiger partial charge >= 0.3 is 0 Å². The van der Waals surface area contributed by atoms with Gasteiger partial charge < -0.3 is 5.32 Å². The first kappa shape index (κ1) is 11.7. The largest absolute Gasteiger partial charge is 0.316 e. The Bertz CT molecular complexity index is 422. The van der Waals surface area contributed by atoms with E-state index in [1.807, 2.05) is 10.9 Å². The van der Waals surface area contributed by atoms with Gasteiger partial charge in [-0.05, 0) is 6.54 Å². The van der Waals surface area contributed by atoms with Gasteiger partial charge in [-0.2, -0.15) is 0 Å². The van der Waals surface area contributed by atoms with Crippen LogP contribution in [0, 0.1) is 0 Å². The van der Waals surface area contributed by atoms with Crippen molar-refractivity contribution < 1.29 is 0 Å². The molecular weight excluding hydrogens is 238 g/mol. The second-order valence-corrected chi connectivity index (χ2v) is 5.24. The van der Waals surface area contributed by atoms with Crippen LogP contribution in [0.4, 0.5) is 0 Å². The van der Waals surface area contributed by atoms with Gasteiger partial charge in [0, 0.05) is 23.2 Å². The molecule has 1 N–H and O–H groups in total. The van der Waals surface area contributed by atoms with Crippen molar-refractivity contribution in [2.75, 3.05) is 13.1 Å². The van der Waals surface area contributed by atoms with Crippen molar-refractivity contribution in [1.29, 1.82) is 0 Å². The molecule has 0 saturated heterocycles. The number of nitrogens with zero attached hydrogens (tertiary/aromatic N) is 2. The normalized spacial score (nSPS) is 12.9. The summed E-state index contributed by atoms with van der Waals surface area (Å²) < 4.78 is 0. The minimum atomic E-state index is 0.462. The molecule has 2 aromatic rings. The van der Waals surface area contributed by atoms with Gasteiger partial charge in [-0.25, -0.2) is 9.97 Å². The van der Waals surface area contributed by atoms with E-state index in [9.17, 15) is 0 Å². The Balaban J connectivity index is 2.07. The van der Waals surface area contributed by atoms with Crippen molar-refractivity contribution in [3.8, 4) is 10.7 Å². The fourth-order valence-electron chi connectivity index (χ4n) is 1.41. The third-order valence-corrected chi connectivity index (χ3v) is 3.85. The lowest BCUT2D eigenvalue weighted by Gasteiger charge is -2.07. The molecule has 1 unspecified atom stereocenters. The fourth-order valence-corrected chi connectivity index (χ4v) is 2.93. The van der Waals surface area contributed by atoms with Crippen LogP contribution in [-0.2, 0) is 0 Å². The van der Waals surface area contributed by atoms with Crippen LogP contribution < -0.4 is 5.32 Å². The molecule has 0 aliphatic rings. The SMILES string of the molecule is CCNCC(C)c1csc(-c2cscn2)n1. The first-order valence-corrected chi connectivity index (χ1v) is 7.18. The third kappa shape index (κ3) is 2.66. The second-order valence-electron chi connectivity index (χ2n) is 3.66. The van der Waals surface area contributed by atoms with Crippen molar-refractivity contribution in [2.45, 2.75) is 19.8 Å². The van der Waals surface area contributed by atoms with E-state index in [2.05, 4.69) is 34.5 Å². The molecule has 2 rings (SSSR count). The molecule has 0 aliphatic heterocycles. The summed E-state index contributed by atoms with van der Waals surface area (Å²) in [6.45, 7) is 6.31. The molecule has 0 spiro atoms. The molecule has 16 heavy (non-hydrogen) atoms. The molecular formula is C11H15N3S2. The standard InChI is InChI=1S/C11H15N3S2/c1-3-12-4-8(2)9-6-16-11(14-9)10-5-15-7-13-10/h5-8,12H,3-4H2,1-2H3. The maximum Gasteiger partial charge on any atom is 0.142 e. The lowest BCUT2D eigenvalue weighted by molar-refractivity contribution is 0.626. The summed E-state index contributed by atoms with van der Waals surface area (Å²) in [5, 5.41) is 8.54. The second kappa shape index (κ2) is 5.52. The molecule has 86 valence electrons. The van der Waals surface area contributed by atoms with Gasteiger partial charge in [-0.1, -0.05) is 13.8 Å². The zero-order chi connectivity index (χ0) is 11.4. The van der Waals surface area contributed by atoms with E-state index in [1.54, 1.807) is 22.7 Å². The topological polar surface area (TPSA) is 37.8 Å². The Morgan fingerprint density at radius 2 is 2.31 bits per heavy atom. The molecule has 0 amide bonds. The van der Waals surface area contributed by atoms with Crippen LogP contribution in [-0.4, -0.2) is 23.1 Å². The van der Waals surface area contributed by atoms with Crippen molar-refractivity contribution in [1.82, 2.24) is 15.3 Å². The lowest BCUT2D eigenvalue weighted by atomic mass is 10.1. The van der Waals surface area contributed by atoms with Gasteiger partial charge in [0.15, 0.2) is 0 Å². The Labute approximate surface area is 104 Å². The quantitative estimate of drug-likeness (QED) is 0.890. The summed E-state index contributed by atoms with van der Waals surface area (Å²) >= 11 is 3.28. The van der Waals surface area contributed by atoms with E-state index < -0.39 is 0 Å². The first-order valence-electron chi connectivity index (χ1n) is 5.36. The number of nitrogens with one attached hydrogen (secondary N) is 1. The van der Waals surface area contributed by atoms with E-state index in [1.165, 1.54) is 0 Å². The van der Waals surface area contributed by atoms with E-state index in [-0.39, 0.29) is 0 Å². The van der Waals surface area contributed by atoms with E-state index in [0.29, 0.717) is 5.92 Å². The summed E-state index contributed by atoms with van der Waals surface area (Å²) in [6, 6.07) is 0. The van der Waals surface area contributed by atoms with Gasteiger partial charge in [-0.15, -0.1) is 22.7 Å². The van der Waals surface area contributed by atoms with Gasteiger partial charge in [0.2, 0.25) is 0 Å². The van der Waals surface area contributed by atoms with Crippen LogP contribution in [0.5, 0.6) is 0 Å². The van der Waals surface area contributed by atoms with Gasteiger partial charge in [0.05, 0.1) is 11.2 Å². The maximum absolute atomic E-state index is 4.63. The molecule has 3 nitrogen and oxygen atoms in total. The summed E-state index contributed by atoms with van der Waals surface area (Å²) in [5.41, 5.74) is 4.00. The highest BCUT2D eigenvalue weighted by Gasteiger charge is 2.11. The van der Waals surface area contributed by atoms with E-state index in [0.717, 1.165) is 29.5 Å². The van der Waals surface area contributed by atoms with Crippen LogP contribution in [0.3, 0.4) is 0 Å². The van der Waals surface area contributed by atoms with Crippen LogP contribution in [0.25, 0.3) is 10.7 Å². The fraction of sp³-hybridized carbons (Fsp3) is 0.455. The van der Waals surface area contributed by atoms with E-state index in [4.69, 9.17) is 0 Å². The minimum Gasteiger partial charge on any atom is -0.316 e.